The van der Waals surface area contributed by atoms with Gasteiger partial charge in [-0.1, -0.05) is 0 Å². The number of rotatable bonds is 4. The van der Waals surface area contributed by atoms with Crippen molar-refractivity contribution in [2.75, 3.05) is 45.3 Å². The van der Waals surface area contributed by atoms with Gasteiger partial charge in [-0.15, -0.1) is 0 Å². The van der Waals surface area contributed by atoms with Gasteiger partial charge in [-0.05, 0) is 25.3 Å². The third kappa shape index (κ3) is 4.21. The predicted molar refractivity (Wildman–Crippen MR) is 89.8 cm³/mol. The van der Waals surface area contributed by atoms with Gasteiger partial charge in [-0.3, -0.25) is 4.79 Å². The third-order valence-corrected chi connectivity index (χ3v) is 4.49. The summed E-state index contributed by atoms with van der Waals surface area (Å²) in [5.41, 5.74) is 0.820. The smallest absolute Gasteiger partial charge is 0.225 e. The fourth-order valence-corrected chi connectivity index (χ4v) is 3.10. The third-order valence-electron chi connectivity index (χ3n) is 4.49. The predicted octanol–water partition coefficient (Wildman–Crippen LogP) is 1.40. The zero-order valence-corrected chi connectivity index (χ0v) is 14.5. The fourth-order valence-electron chi connectivity index (χ4n) is 3.10. The van der Waals surface area contributed by atoms with Crippen LogP contribution in [0.4, 0.5) is 5.95 Å². The van der Waals surface area contributed by atoms with Crippen LogP contribution in [0.15, 0.2) is 12.3 Å². The van der Waals surface area contributed by atoms with E-state index in [1.54, 1.807) is 6.20 Å². The minimum Gasteiger partial charge on any atom is -0.378 e. The molecule has 2 aliphatic heterocycles. The van der Waals surface area contributed by atoms with Gasteiger partial charge in [0.2, 0.25) is 11.9 Å². The Balaban J connectivity index is 1.61. The fraction of sp³-hybridized carbons (Fsp3) is 0.706. The topological polar surface area (TPSA) is 67.8 Å². The Kier molecular flexibility index (Phi) is 5.63. The van der Waals surface area contributed by atoms with Crippen LogP contribution in [0.25, 0.3) is 0 Å². The van der Waals surface area contributed by atoms with Gasteiger partial charge in [0.15, 0.2) is 0 Å². The molecule has 0 aromatic carbocycles. The number of nitrogens with zero attached hydrogens (tertiary/aromatic N) is 4. The molecule has 3 rings (SSSR count). The van der Waals surface area contributed by atoms with Crippen LogP contribution < -0.4 is 4.90 Å². The van der Waals surface area contributed by atoms with E-state index in [1.807, 2.05) is 30.0 Å². The monoisotopic (exact) mass is 334 g/mol. The van der Waals surface area contributed by atoms with Gasteiger partial charge in [0.05, 0.1) is 31.4 Å². The summed E-state index contributed by atoms with van der Waals surface area (Å²) in [5, 5.41) is 0. The summed E-state index contributed by atoms with van der Waals surface area (Å²) < 4.78 is 11.5. The molecule has 0 bridgehead atoms. The van der Waals surface area contributed by atoms with E-state index in [1.165, 1.54) is 0 Å². The summed E-state index contributed by atoms with van der Waals surface area (Å²) in [6.07, 6.45) is 5.32. The maximum absolute atomic E-state index is 12.6. The molecule has 0 aliphatic carbocycles. The molecule has 7 nitrogen and oxygen atoms in total. The number of amides is 1. The molecule has 1 aromatic rings. The van der Waals surface area contributed by atoms with Crippen molar-refractivity contribution in [1.82, 2.24) is 14.9 Å². The standard InChI is InChI=1S/C17H26N4O3/c1-20(2)17-18-7-6-14(19-17)15-12-21(8-10-24-15)16(22)11-13-5-3-4-9-23-13/h6-7,13,15H,3-5,8-12H2,1-2H3/t13-,15+/m0/s1. The van der Waals surface area contributed by atoms with Gasteiger partial charge in [0.1, 0.15) is 6.10 Å². The number of aromatic nitrogens is 2. The Morgan fingerprint density at radius 2 is 2.21 bits per heavy atom. The maximum Gasteiger partial charge on any atom is 0.225 e. The van der Waals surface area contributed by atoms with Crippen LogP contribution in [0.3, 0.4) is 0 Å². The molecule has 0 spiro atoms. The van der Waals surface area contributed by atoms with Crippen LogP contribution in [-0.2, 0) is 14.3 Å². The lowest BCUT2D eigenvalue weighted by atomic mass is 10.1. The van der Waals surface area contributed by atoms with Gasteiger partial charge in [-0.25, -0.2) is 9.97 Å². The highest BCUT2D eigenvalue weighted by molar-refractivity contribution is 5.76. The molecule has 0 saturated carbocycles. The van der Waals surface area contributed by atoms with Crippen LogP contribution in [0.5, 0.6) is 0 Å². The van der Waals surface area contributed by atoms with Crippen LogP contribution in [0.1, 0.15) is 37.5 Å². The lowest BCUT2D eigenvalue weighted by Gasteiger charge is -2.34. The van der Waals surface area contributed by atoms with Crippen molar-refractivity contribution in [3.63, 3.8) is 0 Å². The molecule has 2 fully saturated rings. The Bertz CT molecular complexity index is 561. The highest BCUT2D eigenvalue weighted by Crippen LogP contribution is 2.23. The number of carbonyl (C=O) groups is 1. The summed E-state index contributed by atoms with van der Waals surface area (Å²) in [4.78, 5) is 25.1. The Hall–Kier alpha value is -1.73. The Morgan fingerprint density at radius 1 is 1.33 bits per heavy atom. The summed E-state index contributed by atoms with van der Waals surface area (Å²) in [5.74, 6) is 0.798. The van der Waals surface area contributed by atoms with Crippen molar-refractivity contribution in [2.45, 2.75) is 37.9 Å². The number of hydrogen-bond donors (Lipinski definition) is 0. The largest absolute Gasteiger partial charge is 0.378 e. The lowest BCUT2D eigenvalue weighted by molar-refractivity contribution is -0.142. The number of morpholine rings is 1. The molecule has 0 unspecified atom stereocenters. The molecule has 0 N–H and O–H groups in total. The van der Waals surface area contributed by atoms with Gasteiger partial charge < -0.3 is 19.3 Å². The molecular formula is C17H26N4O3. The molecule has 2 aliphatic rings. The van der Waals surface area contributed by atoms with E-state index in [0.717, 1.165) is 31.6 Å². The van der Waals surface area contributed by atoms with E-state index in [4.69, 9.17) is 9.47 Å². The zero-order valence-electron chi connectivity index (χ0n) is 14.5. The number of hydrogen-bond acceptors (Lipinski definition) is 6. The first-order valence-electron chi connectivity index (χ1n) is 8.64. The van der Waals surface area contributed by atoms with E-state index < -0.39 is 0 Å². The van der Waals surface area contributed by atoms with Crippen molar-refractivity contribution in [3.05, 3.63) is 18.0 Å². The molecule has 132 valence electrons. The maximum atomic E-state index is 12.6. The van der Waals surface area contributed by atoms with Crippen LogP contribution in [-0.4, -0.2) is 67.3 Å². The Labute approximate surface area is 143 Å². The van der Waals surface area contributed by atoms with Gasteiger partial charge in [0, 0.05) is 33.4 Å². The van der Waals surface area contributed by atoms with E-state index >= 15 is 0 Å². The van der Waals surface area contributed by atoms with Crippen LogP contribution >= 0.6 is 0 Å². The van der Waals surface area contributed by atoms with Gasteiger partial charge in [0.25, 0.3) is 0 Å². The molecule has 7 heteroatoms. The second-order valence-electron chi connectivity index (χ2n) is 6.57. The quantitative estimate of drug-likeness (QED) is 0.829. The molecular weight excluding hydrogens is 308 g/mol. The first kappa shape index (κ1) is 17.1. The molecule has 1 amide bonds. The summed E-state index contributed by atoms with van der Waals surface area (Å²) in [6.45, 7) is 2.48. The van der Waals surface area contributed by atoms with Gasteiger partial charge >= 0.3 is 0 Å². The van der Waals surface area contributed by atoms with Crippen LogP contribution in [0.2, 0.25) is 0 Å². The van der Waals surface area contributed by atoms with Crippen molar-refractivity contribution in [2.24, 2.45) is 0 Å². The summed E-state index contributed by atoms with van der Waals surface area (Å²) in [6, 6.07) is 1.86. The number of ether oxygens (including phenoxy) is 2. The molecule has 2 saturated heterocycles. The molecule has 1 aromatic heterocycles. The molecule has 0 radical (unpaired) electrons. The summed E-state index contributed by atoms with van der Waals surface area (Å²) >= 11 is 0. The minimum absolute atomic E-state index is 0.0759. The second kappa shape index (κ2) is 7.90. The lowest BCUT2D eigenvalue weighted by Crippen LogP contribution is -2.44. The first-order valence-corrected chi connectivity index (χ1v) is 8.64. The SMILES string of the molecule is CN(C)c1nccc([C@H]2CN(C(=O)C[C@@H]3CCCCO3)CCO2)n1. The highest BCUT2D eigenvalue weighted by Gasteiger charge is 2.28. The first-order chi connectivity index (χ1) is 11.6. The average molecular weight is 334 g/mol. The zero-order chi connectivity index (χ0) is 16.9. The number of carbonyl (C=O) groups excluding carboxylic acids is 1. The highest BCUT2D eigenvalue weighted by atomic mass is 16.5. The second-order valence-corrected chi connectivity index (χ2v) is 6.57. The van der Waals surface area contributed by atoms with Crippen molar-refractivity contribution < 1.29 is 14.3 Å². The minimum atomic E-state index is -0.198. The molecule has 24 heavy (non-hydrogen) atoms. The molecule has 3 heterocycles. The average Bonchev–Trinajstić information content (AvgIpc) is 2.63. The van der Waals surface area contributed by atoms with E-state index in [2.05, 4.69) is 9.97 Å². The number of anilines is 1. The van der Waals surface area contributed by atoms with E-state index in [0.29, 0.717) is 32.1 Å². The molecule has 2 atom stereocenters. The van der Waals surface area contributed by atoms with Gasteiger partial charge in [-0.2, -0.15) is 0 Å². The van der Waals surface area contributed by atoms with E-state index in [-0.39, 0.29) is 18.1 Å². The van der Waals surface area contributed by atoms with Crippen molar-refractivity contribution in [1.29, 1.82) is 0 Å². The van der Waals surface area contributed by atoms with E-state index in [9.17, 15) is 4.79 Å². The normalized spacial score (nSPS) is 24.7. The van der Waals surface area contributed by atoms with Crippen molar-refractivity contribution in [3.8, 4) is 0 Å². The Morgan fingerprint density at radius 3 is 2.96 bits per heavy atom. The summed E-state index contributed by atoms with van der Waals surface area (Å²) in [7, 11) is 3.81. The van der Waals surface area contributed by atoms with Crippen molar-refractivity contribution >= 4 is 11.9 Å². The van der Waals surface area contributed by atoms with Crippen LogP contribution in [0, 0.1) is 0 Å².